The van der Waals surface area contributed by atoms with Crippen LogP contribution in [-0.4, -0.2) is 72.7 Å². The van der Waals surface area contributed by atoms with Crippen molar-refractivity contribution in [3.8, 4) is 0 Å². The van der Waals surface area contributed by atoms with Gasteiger partial charge in [-0.05, 0) is 50.4 Å². The molecule has 24 heavy (non-hydrogen) atoms. The van der Waals surface area contributed by atoms with E-state index in [1.165, 1.54) is 19.3 Å². The predicted octanol–water partition coefficient (Wildman–Crippen LogP) is 0.894. The van der Waals surface area contributed by atoms with E-state index >= 15 is 0 Å². The highest BCUT2D eigenvalue weighted by Gasteiger charge is 2.62. The van der Waals surface area contributed by atoms with Gasteiger partial charge in [0.05, 0.1) is 12.5 Å². The Morgan fingerprint density at radius 3 is 2.58 bits per heavy atom. The molecule has 1 unspecified atom stereocenters. The number of likely N-dealkylation sites (tertiary alicyclic amines) is 2. The number of ether oxygens (including phenoxy) is 2. The Morgan fingerprint density at radius 2 is 1.96 bits per heavy atom. The van der Waals surface area contributed by atoms with Crippen LogP contribution in [0.2, 0.25) is 0 Å². The van der Waals surface area contributed by atoms with Gasteiger partial charge >= 0.3 is 5.97 Å². The molecule has 0 amide bonds. The van der Waals surface area contributed by atoms with Crippen LogP contribution in [0.1, 0.15) is 33.1 Å². The topological polar surface area (TPSA) is 62.2 Å². The third kappa shape index (κ3) is 2.77. The molecule has 6 heteroatoms. The van der Waals surface area contributed by atoms with Crippen LogP contribution in [0.4, 0.5) is 0 Å². The zero-order valence-corrected chi connectivity index (χ0v) is 14.8. The van der Waals surface area contributed by atoms with Crippen molar-refractivity contribution in [1.29, 1.82) is 0 Å². The number of nitrogens with zero attached hydrogens (tertiary/aromatic N) is 2. The van der Waals surface area contributed by atoms with E-state index in [0.29, 0.717) is 36.5 Å². The molecule has 0 aromatic heterocycles. The lowest BCUT2D eigenvalue weighted by Gasteiger charge is -2.50. The maximum Gasteiger partial charge on any atom is 0.309 e. The number of carbonyl (C=O) groups is 1. The third-order valence-electron chi connectivity index (χ3n) is 6.73. The van der Waals surface area contributed by atoms with Gasteiger partial charge in [0.1, 0.15) is 0 Å². The lowest BCUT2D eigenvalue weighted by Crippen LogP contribution is -2.52. The average molecular weight is 338 g/mol. The van der Waals surface area contributed by atoms with Crippen molar-refractivity contribution in [2.45, 2.75) is 45.6 Å². The van der Waals surface area contributed by atoms with Gasteiger partial charge in [-0.1, -0.05) is 0 Å². The maximum absolute atomic E-state index is 11.9. The molecule has 2 aliphatic heterocycles. The molecule has 4 rings (SSSR count). The van der Waals surface area contributed by atoms with E-state index in [-0.39, 0.29) is 11.9 Å². The van der Waals surface area contributed by atoms with E-state index in [0.717, 1.165) is 26.2 Å². The van der Waals surface area contributed by atoms with Crippen molar-refractivity contribution in [3.63, 3.8) is 0 Å². The van der Waals surface area contributed by atoms with Gasteiger partial charge in [0, 0.05) is 38.8 Å². The van der Waals surface area contributed by atoms with E-state index in [9.17, 15) is 9.90 Å². The number of aliphatic hydroxyl groups is 1. The number of aliphatic hydroxyl groups excluding tert-OH is 1. The molecule has 4 aliphatic rings. The summed E-state index contributed by atoms with van der Waals surface area (Å²) in [5.41, 5.74) is 0.385. The SMILES string of the molecule is CCOC(=O)[C@H]1[C@@H]2CN(C3CC4(CCN(C(O)OCC)C4)C3)C[C@@H]21. The number of hydrogen-bond acceptors (Lipinski definition) is 6. The Bertz CT molecular complexity index is 481. The quantitative estimate of drug-likeness (QED) is 0.573. The second kappa shape index (κ2) is 6.24. The van der Waals surface area contributed by atoms with E-state index in [2.05, 4.69) is 9.80 Å². The summed E-state index contributed by atoms with van der Waals surface area (Å²) < 4.78 is 10.5. The smallest absolute Gasteiger partial charge is 0.309 e. The summed E-state index contributed by atoms with van der Waals surface area (Å²) in [4.78, 5) is 16.5. The Labute approximate surface area is 144 Å². The summed E-state index contributed by atoms with van der Waals surface area (Å²) in [6.07, 6.45) is 2.88. The molecule has 2 saturated heterocycles. The molecular formula is C18H30N2O4. The largest absolute Gasteiger partial charge is 0.466 e. The molecule has 2 aliphatic carbocycles. The normalized spacial score (nSPS) is 42.8. The van der Waals surface area contributed by atoms with E-state index < -0.39 is 6.41 Å². The van der Waals surface area contributed by atoms with Crippen LogP contribution >= 0.6 is 0 Å². The van der Waals surface area contributed by atoms with Gasteiger partial charge in [-0.2, -0.15) is 0 Å². The van der Waals surface area contributed by atoms with Gasteiger partial charge in [-0.25, -0.2) is 0 Å². The van der Waals surface area contributed by atoms with Crippen molar-refractivity contribution in [3.05, 3.63) is 0 Å². The summed E-state index contributed by atoms with van der Waals surface area (Å²) >= 11 is 0. The van der Waals surface area contributed by atoms with Gasteiger partial charge in [0.15, 0.2) is 0 Å². The first-order valence-corrected chi connectivity index (χ1v) is 9.51. The van der Waals surface area contributed by atoms with Crippen LogP contribution in [-0.2, 0) is 14.3 Å². The van der Waals surface area contributed by atoms with Gasteiger partial charge in [0.25, 0.3) is 0 Å². The minimum atomic E-state index is -0.738. The first-order chi connectivity index (χ1) is 11.6. The molecule has 2 saturated carbocycles. The predicted molar refractivity (Wildman–Crippen MR) is 88.0 cm³/mol. The van der Waals surface area contributed by atoms with Crippen molar-refractivity contribution >= 4 is 5.97 Å². The summed E-state index contributed by atoms with van der Waals surface area (Å²) in [6.45, 7) is 8.86. The fourth-order valence-electron chi connectivity index (χ4n) is 5.39. The summed E-state index contributed by atoms with van der Waals surface area (Å²) in [7, 11) is 0. The second-order valence-corrected chi connectivity index (χ2v) is 8.12. The number of rotatable bonds is 6. The minimum Gasteiger partial charge on any atom is -0.466 e. The fraction of sp³-hybridized carbons (Fsp3) is 0.944. The summed E-state index contributed by atoms with van der Waals surface area (Å²) in [5.74, 6) is 1.29. The first-order valence-electron chi connectivity index (χ1n) is 9.51. The zero-order valence-electron chi connectivity index (χ0n) is 14.8. The molecule has 0 aromatic rings. The summed E-state index contributed by atoms with van der Waals surface area (Å²) in [6, 6.07) is 0.671. The van der Waals surface area contributed by atoms with Gasteiger partial charge in [0.2, 0.25) is 6.41 Å². The van der Waals surface area contributed by atoms with Crippen molar-refractivity contribution in [2.24, 2.45) is 23.2 Å². The number of carbonyl (C=O) groups excluding carboxylic acids is 1. The van der Waals surface area contributed by atoms with Gasteiger partial charge < -0.3 is 14.6 Å². The van der Waals surface area contributed by atoms with Gasteiger partial charge in [-0.3, -0.25) is 14.6 Å². The van der Waals surface area contributed by atoms with E-state index in [1.54, 1.807) is 0 Å². The van der Waals surface area contributed by atoms with Crippen LogP contribution in [0.3, 0.4) is 0 Å². The number of fused-ring (bicyclic) bond motifs is 1. The molecule has 0 radical (unpaired) electrons. The lowest BCUT2D eigenvalue weighted by molar-refractivity contribution is -0.188. The molecule has 4 atom stereocenters. The highest BCUT2D eigenvalue weighted by Crippen LogP contribution is 2.57. The van der Waals surface area contributed by atoms with Crippen molar-refractivity contribution in [2.75, 3.05) is 39.4 Å². The van der Waals surface area contributed by atoms with E-state index in [1.807, 2.05) is 13.8 Å². The van der Waals surface area contributed by atoms with Gasteiger partial charge in [-0.15, -0.1) is 0 Å². The minimum absolute atomic E-state index is 0.0218. The third-order valence-corrected chi connectivity index (χ3v) is 6.73. The first kappa shape index (κ1) is 16.8. The number of piperidine rings is 1. The Morgan fingerprint density at radius 1 is 1.25 bits per heavy atom. The average Bonchev–Trinajstić information content (AvgIpc) is 2.91. The summed E-state index contributed by atoms with van der Waals surface area (Å²) in [5, 5.41) is 9.99. The maximum atomic E-state index is 11.9. The standard InChI is InChI=1S/C18H30N2O4/c1-3-23-16(21)15-13-9-20(10-14(13)15)12-7-18(8-12)5-6-19(11-18)17(22)24-4-2/h12-15,17,22H,3-11H2,1-2H3/t12?,13-,14+,15+,17?,18?. The number of esters is 1. The fourth-order valence-corrected chi connectivity index (χ4v) is 5.39. The molecule has 1 spiro atoms. The molecule has 6 nitrogen and oxygen atoms in total. The molecule has 1 N–H and O–H groups in total. The van der Waals surface area contributed by atoms with Crippen LogP contribution in [0, 0.1) is 23.2 Å². The van der Waals surface area contributed by atoms with E-state index in [4.69, 9.17) is 9.47 Å². The van der Waals surface area contributed by atoms with Crippen LogP contribution in [0.25, 0.3) is 0 Å². The van der Waals surface area contributed by atoms with Crippen LogP contribution in [0.5, 0.6) is 0 Å². The Hall–Kier alpha value is -0.690. The van der Waals surface area contributed by atoms with Crippen molar-refractivity contribution in [1.82, 2.24) is 9.80 Å². The molecule has 136 valence electrons. The van der Waals surface area contributed by atoms with Crippen LogP contribution in [0.15, 0.2) is 0 Å². The Balaban J connectivity index is 1.22. The molecule has 0 aromatic carbocycles. The highest BCUT2D eigenvalue weighted by molar-refractivity contribution is 5.77. The zero-order chi connectivity index (χ0) is 16.9. The highest BCUT2D eigenvalue weighted by atomic mass is 16.6. The van der Waals surface area contributed by atoms with Crippen LogP contribution < -0.4 is 0 Å². The molecular weight excluding hydrogens is 308 g/mol. The lowest BCUT2D eigenvalue weighted by atomic mass is 9.64. The number of hydrogen-bond donors (Lipinski definition) is 1. The Kier molecular flexibility index (Phi) is 4.35. The molecule has 2 heterocycles. The molecule has 0 bridgehead atoms. The molecule has 4 fully saturated rings. The second-order valence-electron chi connectivity index (χ2n) is 8.12. The monoisotopic (exact) mass is 338 g/mol. The van der Waals surface area contributed by atoms with Crippen molar-refractivity contribution < 1.29 is 19.4 Å².